The summed E-state index contributed by atoms with van der Waals surface area (Å²) in [6, 6.07) is 0. The molecule has 0 N–H and O–H groups in total. The molecule has 230 valence electrons. The Labute approximate surface area is 274 Å². The maximum Gasteiger partial charge on any atom is 0.308 e. The summed E-state index contributed by atoms with van der Waals surface area (Å²) < 4.78 is 16.2. The Morgan fingerprint density at radius 1 is 0.860 bits per heavy atom. The highest BCUT2D eigenvalue weighted by molar-refractivity contribution is 7.99. The van der Waals surface area contributed by atoms with Crippen molar-refractivity contribution in [3.05, 3.63) is 51.5 Å². The Hall–Kier alpha value is -2.44. The van der Waals surface area contributed by atoms with Gasteiger partial charge in [0.2, 0.25) is 11.8 Å². The van der Waals surface area contributed by atoms with Gasteiger partial charge in [0, 0.05) is 48.1 Å². The smallest absolute Gasteiger partial charge is 0.308 e. The number of halogens is 3. The zero-order valence-corrected chi connectivity index (χ0v) is 28.3. The third-order valence-corrected chi connectivity index (χ3v) is 9.89. The number of thioether (sulfide) groups is 2. The molecule has 0 aromatic carbocycles. The molecule has 1 aliphatic rings. The number of aryl methyl sites for hydroxylation is 2. The van der Waals surface area contributed by atoms with Crippen LogP contribution in [0, 0.1) is 5.92 Å². The van der Waals surface area contributed by atoms with Crippen LogP contribution in [-0.4, -0.2) is 58.6 Å². The third-order valence-electron chi connectivity index (χ3n) is 6.89. The van der Waals surface area contributed by atoms with E-state index in [4.69, 9.17) is 48.4 Å². The van der Waals surface area contributed by atoms with E-state index >= 15 is 0 Å². The summed E-state index contributed by atoms with van der Waals surface area (Å²) in [5.41, 5.74) is 1.57. The van der Waals surface area contributed by atoms with Gasteiger partial charge in [-0.05, 0) is 25.4 Å². The molecule has 0 saturated carbocycles. The number of nitrogens with zero attached hydrogens (tertiary/aromatic N) is 5. The van der Waals surface area contributed by atoms with Crippen molar-refractivity contribution < 1.29 is 18.4 Å². The first-order valence-electron chi connectivity index (χ1n) is 13.6. The molecule has 4 aromatic rings. The van der Waals surface area contributed by atoms with Gasteiger partial charge in [-0.25, -0.2) is 19.9 Å². The van der Waals surface area contributed by atoms with Crippen molar-refractivity contribution in [2.45, 2.75) is 49.3 Å². The lowest BCUT2D eigenvalue weighted by molar-refractivity contribution is -0.146. The summed E-state index contributed by atoms with van der Waals surface area (Å²) in [7, 11) is 1.43. The van der Waals surface area contributed by atoms with E-state index in [0.29, 0.717) is 27.0 Å². The average molecular weight is 685 g/mol. The number of ether oxygens (including phenoxy) is 1. The minimum Gasteiger partial charge on any atom is -0.469 e. The summed E-state index contributed by atoms with van der Waals surface area (Å²) in [5, 5.41) is 1.33. The van der Waals surface area contributed by atoms with E-state index in [1.807, 2.05) is 26.4 Å². The van der Waals surface area contributed by atoms with Gasteiger partial charge in [-0.15, -0.1) is 23.5 Å². The standard InChI is InChI=1S/C18H22ClN3O3S.C11H10Cl2N2OS/c1-4-12-9-21-17(25-12)13-10-20-16(14(19)15(13)26-3)22-7-5-11(6-8-22)18(23)24-2;1-3-6-4-15-11(16-6)7-5-14-10(13)8(12)9(7)17-2/h9-11H,4-8H2,1-3H3;4-5H,3H2,1-2H3. The van der Waals surface area contributed by atoms with Crippen LogP contribution in [0.1, 0.15) is 38.2 Å². The van der Waals surface area contributed by atoms with Crippen molar-refractivity contribution >= 4 is 70.1 Å². The number of pyridine rings is 2. The maximum atomic E-state index is 11.7. The molecular formula is C29H32Cl3N5O4S2. The lowest BCUT2D eigenvalue weighted by atomic mass is 9.97. The number of carbonyl (C=O) groups is 1. The van der Waals surface area contributed by atoms with Crippen LogP contribution in [0.4, 0.5) is 5.82 Å². The van der Waals surface area contributed by atoms with Crippen LogP contribution in [0.25, 0.3) is 22.9 Å². The lowest BCUT2D eigenvalue weighted by Crippen LogP contribution is -2.37. The van der Waals surface area contributed by atoms with Crippen molar-refractivity contribution in [1.29, 1.82) is 0 Å². The second-order valence-electron chi connectivity index (χ2n) is 9.41. The summed E-state index contributed by atoms with van der Waals surface area (Å²) in [5.74, 6) is 3.28. The highest BCUT2D eigenvalue weighted by atomic mass is 35.5. The third kappa shape index (κ3) is 7.62. The number of rotatable bonds is 8. The SMILES string of the molecule is CCc1cnc(-c2cnc(Cl)c(Cl)c2SC)o1.CCc1cnc(-c2cnc(N3CCC(C(=O)OC)CC3)c(Cl)c2SC)o1. The Bertz CT molecular complexity index is 1560. The van der Waals surface area contributed by atoms with Crippen LogP contribution >= 0.6 is 58.3 Å². The molecule has 1 saturated heterocycles. The fourth-order valence-electron chi connectivity index (χ4n) is 4.52. The monoisotopic (exact) mass is 683 g/mol. The average Bonchev–Trinajstić information content (AvgIpc) is 3.72. The van der Waals surface area contributed by atoms with Crippen molar-refractivity contribution in [3.8, 4) is 22.9 Å². The van der Waals surface area contributed by atoms with Crippen LogP contribution in [0.2, 0.25) is 15.2 Å². The van der Waals surface area contributed by atoms with E-state index < -0.39 is 0 Å². The van der Waals surface area contributed by atoms with E-state index in [0.717, 1.165) is 77.0 Å². The van der Waals surface area contributed by atoms with Gasteiger partial charge >= 0.3 is 5.97 Å². The van der Waals surface area contributed by atoms with Crippen molar-refractivity contribution in [3.63, 3.8) is 0 Å². The Kier molecular flexibility index (Phi) is 12.1. The van der Waals surface area contributed by atoms with E-state index in [1.54, 1.807) is 36.5 Å². The molecule has 0 radical (unpaired) electrons. The molecule has 4 aromatic heterocycles. The van der Waals surface area contributed by atoms with Gasteiger partial charge in [0.05, 0.1) is 46.6 Å². The lowest BCUT2D eigenvalue weighted by Gasteiger charge is -2.32. The largest absolute Gasteiger partial charge is 0.469 e. The Morgan fingerprint density at radius 3 is 1.84 bits per heavy atom. The molecular weight excluding hydrogens is 653 g/mol. The number of esters is 1. The zero-order chi connectivity index (χ0) is 31.1. The molecule has 0 atom stereocenters. The summed E-state index contributed by atoms with van der Waals surface area (Å²) in [6.07, 6.45) is 13.8. The van der Waals surface area contributed by atoms with Gasteiger partial charge < -0.3 is 18.5 Å². The molecule has 43 heavy (non-hydrogen) atoms. The number of oxazole rings is 2. The molecule has 1 aliphatic heterocycles. The minimum absolute atomic E-state index is 0.0471. The maximum absolute atomic E-state index is 11.7. The second-order valence-corrected chi connectivity index (χ2v) is 12.2. The minimum atomic E-state index is -0.139. The van der Waals surface area contributed by atoms with Gasteiger partial charge in [-0.2, -0.15) is 0 Å². The first-order chi connectivity index (χ1) is 20.8. The number of piperidine rings is 1. The summed E-state index contributed by atoms with van der Waals surface area (Å²) in [6.45, 7) is 5.47. The predicted molar refractivity (Wildman–Crippen MR) is 174 cm³/mol. The number of hydrogen-bond donors (Lipinski definition) is 0. The Balaban J connectivity index is 0.000000215. The van der Waals surface area contributed by atoms with Gasteiger partial charge in [0.1, 0.15) is 22.5 Å². The van der Waals surface area contributed by atoms with Crippen LogP contribution in [0.3, 0.4) is 0 Å². The first-order valence-corrected chi connectivity index (χ1v) is 17.2. The molecule has 5 heterocycles. The quantitative estimate of drug-likeness (QED) is 0.101. The van der Waals surface area contributed by atoms with Crippen molar-refractivity contribution in [2.24, 2.45) is 5.92 Å². The second kappa shape index (κ2) is 15.5. The predicted octanol–water partition coefficient (Wildman–Crippen LogP) is 8.39. The highest BCUT2D eigenvalue weighted by Gasteiger charge is 2.28. The first kappa shape index (κ1) is 33.5. The molecule has 9 nitrogen and oxygen atoms in total. The van der Waals surface area contributed by atoms with E-state index in [1.165, 1.54) is 18.9 Å². The highest BCUT2D eigenvalue weighted by Crippen LogP contribution is 2.41. The van der Waals surface area contributed by atoms with Crippen LogP contribution in [0.5, 0.6) is 0 Å². The van der Waals surface area contributed by atoms with E-state index in [2.05, 4.69) is 24.8 Å². The molecule has 0 spiro atoms. The molecule has 0 amide bonds. The Morgan fingerprint density at radius 2 is 1.37 bits per heavy atom. The molecule has 1 fully saturated rings. The zero-order valence-electron chi connectivity index (χ0n) is 24.4. The van der Waals surface area contributed by atoms with E-state index in [-0.39, 0.29) is 11.9 Å². The van der Waals surface area contributed by atoms with Gasteiger partial charge in [0.15, 0.2) is 0 Å². The van der Waals surface area contributed by atoms with E-state index in [9.17, 15) is 4.79 Å². The fraction of sp³-hybridized carbons (Fsp3) is 0.414. The van der Waals surface area contributed by atoms with Crippen LogP contribution < -0.4 is 4.90 Å². The van der Waals surface area contributed by atoms with Gasteiger partial charge in [0.25, 0.3) is 0 Å². The number of hydrogen-bond acceptors (Lipinski definition) is 11. The number of anilines is 1. The number of carbonyl (C=O) groups excluding carboxylic acids is 1. The topological polar surface area (TPSA) is 107 Å². The molecule has 14 heteroatoms. The van der Waals surface area contributed by atoms with Gasteiger partial charge in [-0.3, -0.25) is 4.79 Å². The van der Waals surface area contributed by atoms with Crippen molar-refractivity contribution in [1.82, 2.24) is 19.9 Å². The van der Waals surface area contributed by atoms with Crippen molar-refractivity contribution in [2.75, 3.05) is 37.6 Å². The molecule has 0 aliphatic carbocycles. The fourth-order valence-corrected chi connectivity index (χ4v) is 6.87. The normalized spacial score (nSPS) is 13.5. The number of aromatic nitrogens is 4. The molecule has 0 bridgehead atoms. The number of methoxy groups -OCH3 is 1. The molecule has 5 rings (SSSR count). The summed E-state index contributed by atoms with van der Waals surface area (Å²) in [4.78, 5) is 32.7. The van der Waals surface area contributed by atoms with Gasteiger partial charge in [-0.1, -0.05) is 48.7 Å². The van der Waals surface area contributed by atoms with Crippen LogP contribution in [0.15, 0.2) is 43.4 Å². The molecule has 0 unspecified atom stereocenters. The van der Waals surface area contributed by atoms with Crippen LogP contribution in [-0.2, 0) is 22.4 Å². The summed E-state index contributed by atoms with van der Waals surface area (Å²) >= 11 is 21.7.